The molecule has 0 saturated heterocycles. The lowest BCUT2D eigenvalue weighted by atomic mass is 10.1. The summed E-state index contributed by atoms with van der Waals surface area (Å²) in [5.41, 5.74) is 2.97. The molecule has 4 nitrogen and oxygen atoms in total. The van der Waals surface area contributed by atoms with Crippen molar-refractivity contribution in [3.05, 3.63) is 82.3 Å². The molecule has 26 heavy (non-hydrogen) atoms. The molecule has 1 aromatic heterocycles. The van der Waals surface area contributed by atoms with Crippen LogP contribution in [0.2, 0.25) is 0 Å². The van der Waals surface area contributed by atoms with Gasteiger partial charge in [0.05, 0.1) is 0 Å². The Labute approximate surface area is 151 Å². The van der Waals surface area contributed by atoms with Gasteiger partial charge >= 0.3 is 5.63 Å². The molecule has 0 bridgehead atoms. The third-order valence-electron chi connectivity index (χ3n) is 4.32. The molecule has 128 valence electrons. The predicted octanol–water partition coefficient (Wildman–Crippen LogP) is 4.58. The summed E-state index contributed by atoms with van der Waals surface area (Å²) < 4.78 is 5.45. The minimum absolute atomic E-state index is 0.295. The van der Waals surface area contributed by atoms with E-state index in [0.717, 1.165) is 16.6 Å². The predicted molar refractivity (Wildman–Crippen MR) is 107 cm³/mol. The SMILES string of the molecule is CN(C)c1ccc2nc(/C=C/c3ccc4ccccc4c3)c(=O)oc2c1. The standard InChI is InChI=1S/C22H18N2O2/c1-24(2)18-10-12-19-21(14-18)26-22(25)20(23-19)11-8-15-7-9-16-5-3-4-6-17(16)13-15/h3-14H,1-2H3/b11-8+. The molecule has 0 aliphatic heterocycles. The van der Waals surface area contributed by atoms with Crippen LogP contribution in [0.5, 0.6) is 0 Å². The smallest absolute Gasteiger partial charge is 0.362 e. The lowest BCUT2D eigenvalue weighted by Crippen LogP contribution is -2.09. The van der Waals surface area contributed by atoms with E-state index in [1.54, 1.807) is 6.08 Å². The minimum atomic E-state index is -0.439. The zero-order valence-corrected chi connectivity index (χ0v) is 14.6. The number of anilines is 1. The number of rotatable bonds is 3. The Hall–Kier alpha value is -3.40. The second-order valence-corrected chi connectivity index (χ2v) is 6.37. The van der Waals surface area contributed by atoms with Crippen molar-refractivity contribution in [3.8, 4) is 0 Å². The van der Waals surface area contributed by atoms with Crippen LogP contribution in [0.15, 0.2) is 69.9 Å². The number of aromatic nitrogens is 1. The van der Waals surface area contributed by atoms with Gasteiger partial charge in [0, 0.05) is 25.8 Å². The Morgan fingerprint density at radius 3 is 2.54 bits per heavy atom. The van der Waals surface area contributed by atoms with Crippen LogP contribution in [0.4, 0.5) is 5.69 Å². The van der Waals surface area contributed by atoms with Gasteiger partial charge in [-0.1, -0.05) is 42.5 Å². The molecule has 0 saturated carbocycles. The molecule has 3 aromatic carbocycles. The van der Waals surface area contributed by atoms with Crippen molar-refractivity contribution in [2.45, 2.75) is 0 Å². The maximum atomic E-state index is 12.3. The lowest BCUT2D eigenvalue weighted by Gasteiger charge is -2.12. The summed E-state index contributed by atoms with van der Waals surface area (Å²) in [7, 11) is 3.88. The highest BCUT2D eigenvalue weighted by Crippen LogP contribution is 2.20. The van der Waals surface area contributed by atoms with Gasteiger partial charge in [0.2, 0.25) is 0 Å². The van der Waals surface area contributed by atoms with E-state index in [-0.39, 0.29) is 0 Å². The summed E-state index contributed by atoms with van der Waals surface area (Å²) in [5.74, 6) is 0. The zero-order chi connectivity index (χ0) is 18.1. The first-order valence-corrected chi connectivity index (χ1v) is 8.39. The molecule has 0 spiro atoms. The second kappa shape index (κ2) is 6.48. The topological polar surface area (TPSA) is 46.3 Å². The second-order valence-electron chi connectivity index (χ2n) is 6.37. The third kappa shape index (κ3) is 3.09. The van der Waals surface area contributed by atoms with Gasteiger partial charge in [-0.05, 0) is 40.6 Å². The number of fused-ring (bicyclic) bond motifs is 2. The Morgan fingerprint density at radius 1 is 0.923 bits per heavy atom. The van der Waals surface area contributed by atoms with Crippen LogP contribution in [-0.2, 0) is 0 Å². The third-order valence-corrected chi connectivity index (χ3v) is 4.32. The molecule has 0 amide bonds. The highest BCUT2D eigenvalue weighted by molar-refractivity contribution is 5.86. The number of nitrogens with zero attached hydrogens (tertiary/aromatic N) is 2. The first-order valence-electron chi connectivity index (χ1n) is 8.39. The van der Waals surface area contributed by atoms with Crippen LogP contribution < -0.4 is 10.5 Å². The van der Waals surface area contributed by atoms with Crippen LogP contribution >= 0.6 is 0 Å². The maximum absolute atomic E-state index is 12.3. The van der Waals surface area contributed by atoms with Gasteiger partial charge in [0.1, 0.15) is 11.2 Å². The van der Waals surface area contributed by atoms with Gasteiger partial charge in [0.25, 0.3) is 0 Å². The molecular weight excluding hydrogens is 324 g/mol. The van der Waals surface area contributed by atoms with Crippen LogP contribution in [-0.4, -0.2) is 19.1 Å². The Balaban J connectivity index is 1.71. The lowest BCUT2D eigenvalue weighted by molar-refractivity contribution is 0.552. The molecule has 1 heterocycles. The highest BCUT2D eigenvalue weighted by Gasteiger charge is 2.06. The molecule has 0 aliphatic carbocycles. The van der Waals surface area contributed by atoms with E-state index in [0.29, 0.717) is 16.8 Å². The van der Waals surface area contributed by atoms with Gasteiger partial charge < -0.3 is 9.32 Å². The maximum Gasteiger partial charge on any atom is 0.362 e. The summed E-state index contributed by atoms with van der Waals surface area (Å²) in [4.78, 5) is 18.6. The van der Waals surface area contributed by atoms with Crippen LogP contribution in [0, 0.1) is 0 Å². The largest absolute Gasteiger partial charge is 0.419 e. The zero-order valence-electron chi connectivity index (χ0n) is 14.6. The monoisotopic (exact) mass is 342 g/mol. The van der Waals surface area contributed by atoms with Crippen molar-refractivity contribution in [1.29, 1.82) is 0 Å². The molecular formula is C22H18N2O2. The van der Waals surface area contributed by atoms with Crippen molar-refractivity contribution >= 4 is 39.7 Å². The van der Waals surface area contributed by atoms with Crippen molar-refractivity contribution < 1.29 is 4.42 Å². The van der Waals surface area contributed by atoms with Gasteiger partial charge in [-0.2, -0.15) is 0 Å². The highest BCUT2D eigenvalue weighted by atomic mass is 16.4. The fourth-order valence-corrected chi connectivity index (χ4v) is 2.87. The Morgan fingerprint density at radius 2 is 1.73 bits per heavy atom. The molecule has 4 rings (SSSR count). The van der Waals surface area contributed by atoms with Crippen LogP contribution in [0.1, 0.15) is 11.3 Å². The quantitative estimate of drug-likeness (QED) is 0.547. The summed E-state index contributed by atoms with van der Waals surface area (Å²) in [6, 6.07) is 20.0. The minimum Gasteiger partial charge on any atom is -0.419 e. The van der Waals surface area contributed by atoms with Gasteiger partial charge in [0.15, 0.2) is 5.58 Å². The molecule has 0 atom stereocenters. The molecule has 0 unspecified atom stereocenters. The summed E-state index contributed by atoms with van der Waals surface area (Å²) in [5, 5.41) is 2.34. The van der Waals surface area contributed by atoms with Crippen LogP contribution in [0.3, 0.4) is 0 Å². The first-order chi connectivity index (χ1) is 12.6. The molecule has 0 N–H and O–H groups in total. The van der Waals surface area contributed by atoms with E-state index in [1.807, 2.05) is 61.5 Å². The van der Waals surface area contributed by atoms with Crippen molar-refractivity contribution in [2.75, 3.05) is 19.0 Å². The fourth-order valence-electron chi connectivity index (χ4n) is 2.87. The van der Waals surface area contributed by atoms with E-state index >= 15 is 0 Å². The summed E-state index contributed by atoms with van der Waals surface area (Å²) >= 11 is 0. The molecule has 4 heteroatoms. The van der Waals surface area contributed by atoms with Gasteiger partial charge in [-0.25, -0.2) is 9.78 Å². The molecule has 0 radical (unpaired) electrons. The summed E-state index contributed by atoms with van der Waals surface area (Å²) in [6.45, 7) is 0. The molecule has 0 fully saturated rings. The number of benzene rings is 3. The van der Waals surface area contributed by atoms with E-state index in [2.05, 4.69) is 29.2 Å². The number of hydrogen-bond acceptors (Lipinski definition) is 4. The van der Waals surface area contributed by atoms with E-state index in [9.17, 15) is 4.79 Å². The fraction of sp³-hybridized carbons (Fsp3) is 0.0909. The number of hydrogen-bond donors (Lipinski definition) is 0. The van der Waals surface area contributed by atoms with E-state index < -0.39 is 5.63 Å². The molecule has 4 aromatic rings. The van der Waals surface area contributed by atoms with Crippen molar-refractivity contribution in [2.24, 2.45) is 0 Å². The van der Waals surface area contributed by atoms with E-state index in [4.69, 9.17) is 4.42 Å². The van der Waals surface area contributed by atoms with E-state index in [1.165, 1.54) is 5.39 Å². The average Bonchev–Trinajstić information content (AvgIpc) is 2.65. The van der Waals surface area contributed by atoms with Gasteiger partial charge in [-0.15, -0.1) is 0 Å². The Kier molecular flexibility index (Phi) is 4.01. The van der Waals surface area contributed by atoms with Crippen LogP contribution in [0.25, 0.3) is 34.0 Å². The normalized spacial score (nSPS) is 11.5. The Bertz CT molecular complexity index is 1190. The van der Waals surface area contributed by atoms with Gasteiger partial charge in [-0.3, -0.25) is 0 Å². The molecule has 0 aliphatic rings. The average molecular weight is 342 g/mol. The van der Waals surface area contributed by atoms with Crippen molar-refractivity contribution in [1.82, 2.24) is 4.98 Å². The summed E-state index contributed by atoms with van der Waals surface area (Å²) in [6.07, 6.45) is 3.58. The van der Waals surface area contributed by atoms with Crippen molar-refractivity contribution in [3.63, 3.8) is 0 Å². The first kappa shape index (κ1) is 16.1.